The van der Waals surface area contributed by atoms with Crippen LogP contribution < -0.4 is 0 Å². The van der Waals surface area contributed by atoms with E-state index < -0.39 is 0 Å². The number of nitrogens with zero attached hydrogens (tertiary/aromatic N) is 1. The second-order valence-corrected chi connectivity index (χ2v) is 5.71. The highest BCUT2D eigenvalue weighted by atomic mass is 16.1. The summed E-state index contributed by atoms with van der Waals surface area (Å²) in [5.41, 5.74) is 1.70. The van der Waals surface area contributed by atoms with Gasteiger partial charge in [0.1, 0.15) is 0 Å². The van der Waals surface area contributed by atoms with Crippen molar-refractivity contribution in [3.05, 3.63) is 42.1 Å². The fraction of sp³-hybridized carbons (Fsp3) is 0.474. The number of Topliss-reactive ketones (excluding diaryl/α,β-unsaturated/α-hetero) is 1. The number of rotatable bonds is 9. The number of aromatic nitrogens is 1. The molecule has 0 saturated carbocycles. The van der Waals surface area contributed by atoms with E-state index in [2.05, 4.69) is 11.9 Å². The first-order chi connectivity index (χ1) is 10.3. The fourth-order valence-corrected chi connectivity index (χ4v) is 2.63. The summed E-state index contributed by atoms with van der Waals surface area (Å²) in [4.78, 5) is 16.5. The van der Waals surface area contributed by atoms with Gasteiger partial charge in [0.25, 0.3) is 0 Å². The molecule has 0 spiro atoms. The highest BCUT2D eigenvalue weighted by molar-refractivity contribution is 5.99. The summed E-state index contributed by atoms with van der Waals surface area (Å²) >= 11 is 0. The van der Waals surface area contributed by atoms with Crippen molar-refractivity contribution in [3.63, 3.8) is 0 Å². The summed E-state index contributed by atoms with van der Waals surface area (Å²) in [6.07, 6.45) is 11.1. The highest BCUT2D eigenvalue weighted by Crippen LogP contribution is 2.16. The van der Waals surface area contributed by atoms with Gasteiger partial charge >= 0.3 is 0 Å². The molecule has 0 atom stereocenters. The molecule has 2 aromatic rings. The second kappa shape index (κ2) is 8.56. The average Bonchev–Trinajstić information content (AvgIpc) is 2.53. The van der Waals surface area contributed by atoms with Gasteiger partial charge in [-0.2, -0.15) is 0 Å². The van der Waals surface area contributed by atoms with Crippen LogP contribution in [0, 0.1) is 0 Å². The Morgan fingerprint density at radius 3 is 2.57 bits per heavy atom. The number of hydrogen-bond donors (Lipinski definition) is 0. The molecule has 0 unspecified atom stereocenters. The number of benzene rings is 1. The van der Waals surface area contributed by atoms with Crippen LogP contribution in [0.5, 0.6) is 0 Å². The summed E-state index contributed by atoms with van der Waals surface area (Å²) in [5.74, 6) is 0.246. The van der Waals surface area contributed by atoms with E-state index in [0.29, 0.717) is 6.42 Å². The maximum atomic E-state index is 12.2. The first kappa shape index (κ1) is 15.7. The summed E-state index contributed by atoms with van der Waals surface area (Å²) < 4.78 is 0. The molecular formula is C19H25NO. The van der Waals surface area contributed by atoms with Gasteiger partial charge in [-0.3, -0.25) is 9.78 Å². The normalized spacial score (nSPS) is 10.9. The third-order valence-corrected chi connectivity index (χ3v) is 3.94. The van der Waals surface area contributed by atoms with E-state index in [-0.39, 0.29) is 5.78 Å². The monoisotopic (exact) mass is 283 g/mol. The third kappa shape index (κ3) is 4.96. The van der Waals surface area contributed by atoms with Crippen molar-refractivity contribution in [2.75, 3.05) is 0 Å². The van der Waals surface area contributed by atoms with Crippen molar-refractivity contribution in [1.82, 2.24) is 4.98 Å². The van der Waals surface area contributed by atoms with Gasteiger partial charge in [-0.25, -0.2) is 0 Å². The first-order valence-electron chi connectivity index (χ1n) is 8.19. The fourth-order valence-electron chi connectivity index (χ4n) is 2.63. The highest BCUT2D eigenvalue weighted by Gasteiger charge is 2.06. The van der Waals surface area contributed by atoms with E-state index in [1.807, 2.05) is 30.3 Å². The molecule has 0 aliphatic heterocycles. The second-order valence-electron chi connectivity index (χ2n) is 5.71. The first-order valence-corrected chi connectivity index (χ1v) is 8.19. The van der Waals surface area contributed by atoms with E-state index in [1.165, 1.54) is 38.5 Å². The number of fused-ring (bicyclic) bond motifs is 1. The summed E-state index contributed by atoms with van der Waals surface area (Å²) in [6, 6.07) is 9.77. The molecule has 1 heterocycles. The zero-order valence-corrected chi connectivity index (χ0v) is 13.0. The largest absolute Gasteiger partial charge is 0.294 e. The number of ketones is 1. The van der Waals surface area contributed by atoms with Crippen molar-refractivity contribution < 1.29 is 4.79 Å². The molecule has 0 aliphatic rings. The van der Waals surface area contributed by atoms with E-state index in [0.717, 1.165) is 22.9 Å². The van der Waals surface area contributed by atoms with Crippen LogP contribution in [0.15, 0.2) is 36.5 Å². The molecule has 1 aromatic carbocycles. The van der Waals surface area contributed by atoms with Crippen LogP contribution in [0.25, 0.3) is 10.9 Å². The zero-order chi connectivity index (χ0) is 14.9. The van der Waals surface area contributed by atoms with Crippen molar-refractivity contribution >= 4 is 16.7 Å². The minimum atomic E-state index is 0.246. The Labute approximate surface area is 127 Å². The predicted octanol–water partition coefficient (Wildman–Crippen LogP) is 5.56. The van der Waals surface area contributed by atoms with Gasteiger partial charge in [-0.15, -0.1) is 0 Å². The Morgan fingerprint density at radius 1 is 1.00 bits per heavy atom. The number of unbranched alkanes of at least 4 members (excludes halogenated alkanes) is 6. The lowest BCUT2D eigenvalue weighted by atomic mass is 10.0. The van der Waals surface area contributed by atoms with E-state index >= 15 is 0 Å². The van der Waals surface area contributed by atoms with Crippen molar-refractivity contribution in [2.24, 2.45) is 0 Å². The molecule has 0 N–H and O–H groups in total. The molecule has 0 fully saturated rings. The lowest BCUT2D eigenvalue weighted by molar-refractivity contribution is 0.0979. The number of carbonyl (C=O) groups excluding carboxylic acids is 1. The standard InChI is InChI=1S/C19H25NO/c1-2-3-4-5-6-7-8-11-19(21)17-13-12-16-10-9-14-20-18(16)15-17/h9-10,12-15H,2-8,11H2,1H3. The SMILES string of the molecule is CCCCCCCCCC(=O)c1ccc2cccnc2c1. The van der Waals surface area contributed by atoms with E-state index in [1.54, 1.807) is 6.20 Å². The topological polar surface area (TPSA) is 30.0 Å². The van der Waals surface area contributed by atoms with Gasteiger partial charge in [0.15, 0.2) is 5.78 Å². The Kier molecular flexibility index (Phi) is 6.39. The number of pyridine rings is 1. The van der Waals surface area contributed by atoms with Gasteiger partial charge in [0.05, 0.1) is 5.52 Å². The van der Waals surface area contributed by atoms with Gasteiger partial charge in [0, 0.05) is 23.6 Å². The summed E-state index contributed by atoms with van der Waals surface area (Å²) in [6.45, 7) is 2.23. The third-order valence-electron chi connectivity index (χ3n) is 3.94. The molecular weight excluding hydrogens is 258 g/mol. The van der Waals surface area contributed by atoms with Gasteiger partial charge in [0.2, 0.25) is 0 Å². The molecule has 0 amide bonds. The minimum Gasteiger partial charge on any atom is -0.294 e. The Morgan fingerprint density at radius 2 is 1.76 bits per heavy atom. The maximum Gasteiger partial charge on any atom is 0.162 e. The van der Waals surface area contributed by atoms with Gasteiger partial charge in [-0.1, -0.05) is 63.6 Å². The van der Waals surface area contributed by atoms with Crippen LogP contribution in [0.3, 0.4) is 0 Å². The number of carbonyl (C=O) groups is 1. The predicted molar refractivity (Wildman–Crippen MR) is 88.7 cm³/mol. The van der Waals surface area contributed by atoms with Crippen LogP contribution >= 0.6 is 0 Å². The Bertz CT molecular complexity index is 577. The Hall–Kier alpha value is -1.70. The maximum absolute atomic E-state index is 12.2. The van der Waals surface area contributed by atoms with Crippen LogP contribution in [0.1, 0.15) is 68.6 Å². The number of hydrogen-bond acceptors (Lipinski definition) is 2. The zero-order valence-electron chi connectivity index (χ0n) is 13.0. The minimum absolute atomic E-state index is 0.246. The molecule has 2 rings (SSSR count). The van der Waals surface area contributed by atoms with Crippen molar-refractivity contribution in [2.45, 2.75) is 58.3 Å². The average molecular weight is 283 g/mol. The molecule has 0 aliphatic carbocycles. The molecule has 112 valence electrons. The summed E-state index contributed by atoms with van der Waals surface area (Å²) in [7, 11) is 0. The van der Waals surface area contributed by atoms with Crippen molar-refractivity contribution in [3.8, 4) is 0 Å². The molecule has 1 aromatic heterocycles. The molecule has 0 saturated heterocycles. The molecule has 0 bridgehead atoms. The van der Waals surface area contributed by atoms with Crippen LogP contribution in [-0.2, 0) is 0 Å². The molecule has 2 nitrogen and oxygen atoms in total. The molecule has 21 heavy (non-hydrogen) atoms. The lowest BCUT2D eigenvalue weighted by Crippen LogP contribution is -1.99. The lowest BCUT2D eigenvalue weighted by Gasteiger charge is -2.03. The summed E-state index contributed by atoms with van der Waals surface area (Å²) in [5, 5.41) is 1.09. The smallest absolute Gasteiger partial charge is 0.162 e. The van der Waals surface area contributed by atoms with Gasteiger partial charge < -0.3 is 0 Å². The van der Waals surface area contributed by atoms with Crippen LogP contribution in [-0.4, -0.2) is 10.8 Å². The van der Waals surface area contributed by atoms with Crippen LogP contribution in [0.2, 0.25) is 0 Å². The quantitative estimate of drug-likeness (QED) is 0.445. The van der Waals surface area contributed by atoms with E-state index in [9.17, 15) is 4.79 Å². The Balaban J connectivity index is 1.77. The van der Waals surface area contributed by atoms with E-state index in [4.69, 9.17) is 0 Å². The van der Waals surface area contributed by atoms with Gasteiger partial charge in [-0.05, 0) is 18.6 Å². The molecule has 0 radical (unpaired) electrons. The van der Waals surface area contributed by atoms with Crippen molar-refractivity contribution in [1.29, 1.82) is 0 Å². The molecule has 2 heteroatoms. The van der Waals surface area contributed by atoms with Crippen LogP contribution in [0.4, 0.5) is 0 Å².